The number of aromatic nitrogens is 2. The van der Waals surface area contributed by atoms with Crippen LogP contribution in [0, 0.1) is 6.92 Å². The molecule has 0 saturated carbocycles. The van der Waals surface area contributed by atoms with Crippen molar-refractivity contribution in [1.29, 1.82) is 0 Å². The van der Waals surface area contributed by atoms with E-state index in [0.29, 0.717) is 6.61 Å². The molecule has 0 unspecified atom stereocenters. The molecule has 1 heterocycles. The highest BCUT2D eigenvalue weighted by atomic mass is 79.9. The van der Waals surface area contributed by atoms with Crippen molar-refractivity contribution in [1.82, 2.24) is 15.1 Å². The Morgan fingerprint density at radius 1 is 1.30 bits per heavy atom. The third kappa shape index (κ3) is 4.08. The number of nitrogens with zero attached hydrogens (tertiary/aromatic N) is 2. The maximum Gasteiger partial charge on any atom is 0.119 e. The molecule has 0 spiro atoms. The zero-order valence-corrected chi connectivity index (χ0v) is 13.5. The Labute approximate surface area is 128 Å². The van der Waals surface area contributed by atoms with E-state index in [4.69, 9.17) is 4.74 Å². The standard InChI is InChI=1S/C15H20BrN3O/c1-3-17-10-13-11-18-19(12(13)2)8-9-20-15-6-4-14(16)5-7-15/h4-7,11,17H,3,8-10H2,1-2H3. The Kier molecular flexibility index (Phi) is 5.61. The van der Waals surface area contributed by atoms with Crippen molar-refractivity contribution in [3.05, 3.63) is 46.2 Å². The van der Waals surface area contributed by atoms with Crippen LogP contribution >= 0.6 is 15.9 Å². The Morgan fingerprint density at radius 3 is 2.75 bits per heavy atom. The molecular formula is C15H20BrN3O. The predicted molar refractivity (Wildman–Crippen MR) is 84.0 cm³/mol. The Balaban J connectivity index is 1.85. The first-order valence-corrected chi connectivity index (χ1v) is 7.60. The highest BCUT2D eigenvalue weighted by Gasteiger charge is 2.05. The fraction of sp³-hybridized carbons (Fsp3) is 0.400. The minimum Gasteiger partial charge on any atom is -0.492 e. The average Bonchev–Trinajstić information content (AvgIpc) is 2.80. The normalized spacial score (nSPS) is 10.8. The molecular weight excluding hydrogens is 318 g/mol. The van der Waals surface area contributed by atoms with Gasteiger partial charge < -0.3 is 10.1 Å². The third-order valence-corrected chi connectivity index (χ3v) is 3.68. The van der Waals surface area contributed by atoms with E-state index in [2.05, 4.69) is 40.2 Å². The van der Waals surface area contributed by atoms with E-state index in [1.807, 2.05) is 35.1 Å². The number of hydrogen-bond donors (Lipinski definition) is 1. The van der Waals surface area contributed by atoms with Crippen LogP contribution in [-0.4, -0.2) is 22.9 Å². The summed E-state index contributed by atoms with van der Waals surface area (Å²) in [6, 6.07) is 7.86. The van der Waals surface area contributed by atoms with E-state index < -0.39 is 0 Å². The van der Waals surface area contributed by atoms with Crippen molar-refractivity contribution in [2.24, 2.45) is 0 Å². The molecule has 0 amide bonds. The highest BCUT2D eigenvalue weighted by molar-refractivity contribution is 9.10. The first-order valence-electron chi connectivity index (χ1n) is 6.81. The lowest BCUT2D eigenvalue weighted by molar-refractivity contribution is 0.289. The van der Waals surface area contributed by atoms with Gasteiger partial charge >= 0.3 is 0 Å². The summed E-state index contributed by atoms with van der Waals surface area (Å²) in [6.07, 6.45) is 1.93. The zero-order chi connectivity index (χ0) is 14.4. The second-order valence-electron chi connectivity index (χ2n) is 4.56. The van der Waals surface area contributed by atoms with Crippen LogP contribution in [0.5, 0.6) is 5.75 Å². The van der Waals surface area contributed by atoms with E-state index in [1.165, 1.54) is 11.3 Å². The smallest absolute Gasteiger partial charge is 0.119 e. The summed E-state index contributed by atoms with van der Waals surface area (Å²) in [5.41, 5.74) is 2.45. The van der Waals surface area contributed by atoms with Crippen molar-refractivity contribution in [2.75, 3.05) is 13.2 Å². The van der Waals surface area contributed by atoms with Crippen molar-refractivity contribution >= 4 is 15.9 Å². The van der Waals surface area contributed by atoms with E-state index in [0.717, 1.165) is 29.9 Å². The molecule has 0 saturated heterocycles. The predicted octanol–water partition coefficient (Wildman–Crippen LogP) is 3.14. The first kappa shape index (κ1) is 15.1. The molecule has 20 heavy (non-hydrogen) atoms. The van der Waals surface area contributed by atoms with Gasteiger partial charge in [0, 0.05) is 22.3 Å². The van der Waals surface area contributed by atoms with Crippen molar-refractivity contribution in [3.63, 3.8) is 0 Å². The van der Waals surface area contributed by atoms with E-state index >= 15 is 0 Å². The Morgan fingerprint density at radius 2 is 2.05 bits per heavy atom. The maximum atomic E-state index is 5.71. The van der Waals surface area contributed by atoms with Gasteiger partial charge in [-0.2, -0.15) is 5.10 Å². The molecule has 0 bridgehead atoms. The summed E-state index contributed by atoms with van der Waals surface area (Å²) in [7, 11) is 0. The Hall–Kier alpha value is -1.33. The molecule has 0 aliphatic heterocycles. The summed E-state index contributed by atoms with van der Waals surface area (Å²) < 4.78 is 8.76. The third-order valence-electron chi connectivity index (χ3n) is 3.16. The molecule has 2 aromatic rings. The molecule has 0 atom stereocenters. The lowest BCUT2D eigenvalue weighted by Gasteiger charge is -2.08. The molecule has 0 aliphatic rings. The van der Waals surface area contributed by atoms with Crippen molar-refractivity contribution in [2.45, 2.75) is 26.9 Å². The molecule has 1 N–H and O–H groups in total. The lowest BCUT2D eigenvalue weighted by Crippen LogP contribution is -2.14. The molecule has 0 aliphatic carbocycles. The number of nitrogens with one attached hydrogen (secondary N) is 1. The lowest BCUT2D eigenvalue weighted by atomic mass is 10.2. The summed E-state index contributed by atoms with van der Waals surface area (Å²) in [4.78, 5) is 0. The largest absolute Gasteiger partial charge is 0.492 e. The van der Waals surface area contributed by atoms with Crippen LogP contribution in [0.1, 0.15) is 18.2 Å². The van der Waals surface area contributed by atoms with Gasteiger partial charge in [-0.25, -0.2) is 0 Å². The number of ether oxygens (including phenoxy) is 1. The first-order chi connectivity index (χ1) is 9.70. The molecule has 0 fully saturated rings. The van der Waals surface area contributed by atoms with Crippen LogP contribution < -0.4 is 10.1 Å². The van der Waals surface area contributed by atoms with Crippen molar-refractivity contribution in [3.8, 4) is 5.75 Å². The second kappa shape index (κ2) is 7.45. The van der Waals surface area contributed by atoms with Crippen LogP contribution in [0.15, 0.2) is 34.9 Å². The van der Waals surface area contributed by atoms with E-state index in [-0.39, 0.29) is 0 Å². The van der Waals surface area contributed by atoms with Gasteiger partial charge in [-0.3, -0.25) is 4.68 Å². The zero-order valence-electron chi connectivity index (χ0n) is 11.9. The monoisotopic (exact) mass is 337 g/mol. The molecule has 0 radical (unpaired) electrons. The van der Waals surface area contributed by atoms with Crippen LogP contribution in [-0.2, 0) is 13.1 Å². The number of halogens is 1. The van der Waals surface area contributed by atoms with Crippen molar-refractivity contribution < 1.29 is 4.74 Å². The summed E-state index contributed by atoms with van der Waals surface area (Å²) >= 11 is 3.41. The topological polar surface area (TPSA) is 39.1 Å². The summed E-state index contributed by atoms with van der Waals surface area (Å²) in [5, 5.41) is 7.72. The summed E-state index contributed by atoms with van der Waals surface area (Å²) in [6.45, 7) is 7.41. The number of rotatable bonds is 7. The Bertz CT molecular complexity index is 537. The minimum atomic E-state index is 0.616. The van der Waals surface area contributed by atoms with Gasteiger partial charge in [0.15, 0.2) is 0 Å². The molecule has 5 heteroatoms. The molecule has 4 nitrogen and oxygen atoms in total. The van der Waals surface area contributed by atoms with Crippen LogP contribution in [0.3, 0.4) is 0 Å². The van der Waals surface area contributed by atoms with Crippen LogP contribution in [0.2, 0.25) is 0 Å². The van der Waals surface area contributed by atoms with Gasteiger partial charge in [-0.05, 0) is 37.7 Å². The SMILES string of the molecule is CCNCc1cnn(CCOc2ccc(Br)cc2)c1C. The fourth-order valence-corrected chi connectivity index (χ4v) is 2.19. The molecule has 108 valence electrons. The average molecular weight is 338 g/mol. The van der Waals surface area contributed by atoms with Gasteiger partial charge in [0.25, 0.3) is 0 Å². The fourth-order valence-electron chi connectivity index (χ4n) is 1.92. The maximum absolute atomic E-state index is 5.71. The number of benzene rings is 1. The van der Waals surface area contributed by atoms with E-state index in [9.17, 15) is 0 Å². The molecule has 1 aromatic carbocycles. The number of hydrogen-bond acceptors (Lipinski definition) is 3. The van der Waals surface area contributed by atoms with Gasteiger partial charge in [0.1, 0.15) is 12.4 Å². The molecule has 1 aromatic heterocycles. The van der Waals surface area contributed by atoms with E-state index in [1.54, 1.807) is 0 Å². The second-order valence-corrected chi connectivity index (χ2v) is 5.48. The minimum absolute atomic E-state index is 0.616. The van der Waals surface area contributed by atoms with Crippen LogP contribution in [0.25, 0.3) is 0 Å². The van der Waals surface area contributed by atoms with Gasteiger partial charge in [-0.15, -0.1) is 0 Å². The van der Waals surface area contributed by atoms with Gasteiger partial charge in [-0.1, -0.05) is 22.9 Å². The quantitative estimate of drug-likeness (QED) is 0.843. The summed E-state index contributed by atoms with van der Waals surface area (Å²) in [5.74, 6) is 0.880. The van der Waals surface area contributed by atoms with Crippen LogP contribution in [0.4, 0.5) is 0 Å². The van der Waals surface area contributed by atoms with Gasteiger partial charge in [0.2, 0.25) is 0 Å². The van der Waals surface area contributed by atoms with Gasteiger partial charge in [0.05, 0.1) is 12.7 Å². The molecule has 2 rings (SSSR count). The highest BCUT2D eigenvalue weighted by Crippen LogP contribution is 2.16.